The minimum absolute atomic E-state index is 0.364. The highest BCUT2D eigenvalue weighted by Gasteiger charge is 2.24. The molecule has 126 valence electrons. The number of hydrogen-bond donors (Lipinski definition) is 1. The molecule has 1 N–H and O–H groups in total. The summed E-state index contributed by atoms with van der Waals surface area (Å²) in [5, 5.41) is 20.4. The van der Waals surface area contributed by atoms with Crippen molar-refractivity contribution in [2.45, 2.75) is 26.7 Å². The van der Waals surface area contributed by atoms with Crippen LogP contribution in [0.2, 0.25) is 0 Å². The average Bonchev–Trinajstić information content (AvgIpc) is 2.97. The fraction of sp³-hybridized carbons (Fsp3) is 0.238. The molecule has 0 unspecified atom stereocenters. The smallest absolute Gasteiger partial charge is 0.206 e. The van der Waals surface area contributed by atoms with Gasteiger partial charge in [0.25, 0.3) is 0 Å². The lowest BCUT2D eigenvalue weighted by Gasteiger charge is -2.14. The maximum absolute atomic E-state index is 9.10. The number of fused-ring (bicyclic) bond motifs is 1. The molecule has 0 spiro atoms. The van der Waals surface area contributed by atoms with E-state index in [1.54, 1.807) is 0 Å². The third-order valence-corrected chi connectivity index (χ3v) is 4.57. The minimum Gasteiger partial charge on any atom is -0.443 e. The van der Waals surface area contributed by atoms with E-state index in [1.807, 2.05) is 37.4 Å². The lowest BCUT2D eigenvalue weighted by Crippen LogP contribution is -2.19. The molecule has 0 atom stereocenters. The van der Waals surface area contributed by atoms with Gasteiger partial charge in [0, 0.05) is 24.9 Å². The highest BCUT2D eigenvalue weighted by Crippen LogP contribution is 2.31. The molecule has 0 amide bonds. The second-order valence-corrected chi connectivity index (χ2v) is 5.99. The number of hydrogen-bond acceptors (Lipinski definition) is 4. The van der Waals surface area contributed by atoms with Crippen LogP contribution >= 0.6 is 0 Å². The first-order chi connectivity index (χ1) is 12.1. The summed E-state index contributed by atoms with van der Waals surface area (Å²) < 4.78 is 6.10. The first-order valence-electron chi connectivity index (χ1n) is 8.45. The van der Waals surface area contributed by atoms with Crippen LogP contribution < -0.4 is 10.4 Å². The van der Waals surface area contributed by atoms with Crippen LogP contribution in [0, 0.1) is 16.7 Å². The Labute approximate surface area is 147 Å². The predicted molar refractivity (Wildman–Crippen MR) is 101 cm³/mol. The zero-order valence-electron chi connectivity index (χ0n) is 14.8. The molecule has 0 saturated heterocycles. The Morgan fingerprint density at radius 2 is 1.88 bits per heavy atom. The summed E-state index contributed by atoms with van der Waals surface area (Å²) in [6.45, 7) is 4.25. The van der Waals surface area contributed by atoms with E-state index >= 15 is 0 Å². The second kappa shape index (κ2) is 6.82. The molecule has 4 nitrogen and oxygen atoms in total. The van der Waals surface area contributed by atoms with Gasteiger partial charge < -0.3 is 15.0 Å². The van der Waals surface area contributed by atoms with Crippen molar-refractivity contribution in [2.75, 3.05) is 7.05 Å². The standard InChI is InChI=1S/C21H21N3O/c1-4-19-20(5-2)25-21(24(19)3)17-9-8-14-10-16(18(12-22)13-23)7-6-15(14)11-17/h6-12,22H,4-5H2,1-3H3/b18-16-,21-17+,22-12?. The summed E-state index contributed by atoms with van der Waals surface area (Å²) in [5.74, 6) is 1.90. The van der Waals surface area contributed by atoms with Crippen LogP contribution in [0.4, 0.5) is 0 Å². The van der Waals surface area contributed by atoms with Gasteiger partial charge in [-0.05, 0) is 40.6 Å². The quantitative estimate of drug-likeness (QED) is 0.879. The summed E-state index contributed by atoms with van der Waals surface area (Å²) >= 11 is 0. The van der Waals surface area contributed by atoms with Gasteiger partial charge in [-0.2, -0.15) is 5.26 Å². The maximum atomic E-state index is 9.10. The number of nitrogens with one attached hydrogen (secondary N) is 1. The molecule has 2 aromatic rings. The Balaban J connectivity index is 2.16. The van der Waals surface area contributed by atoms with Gasteiger partial charge in [0.15, 0.2) is 0 Å². The molecule has 0 fully saturated rings. The van der Waals surface area contributed by atoms with Crippen molar-refractivity contribution in [1.82, 2.24) is 4.90 Å². The Morgan fingerprint density at radius 1 is 1.16 bits per heavy atom. The van der Waals surface area contributed by atoms with Crippen molar-refractivity contribution in [3.63, 3.8) is 0 Å². The van der Waals surface area contributed by atoms with E-state index in [1.165, 1.54) is 5.70 Å². The molecule has 3 rings (SSSR count). The molecule has 2 aromatic carbocycles. The summed E-state index contributed by atoms with van der Waals surface area (Å²) in [5.41, 5.74) is 1.59. The lowest BCUT2D eigenvalue weighted by atomic mass is 10.1. The van der Waals surface area contributed by atoms with E-state index in [0.29, 0.717) is 5.57 Å². The van der Waals surface area contributed by atoms with Crippen LogP contribution in [0.15, 0.2) is 47.9 Å². The number of benzene rings is 2. The van der Waals surface area contributed by atoms with E-state index in [0.717, 1.165) is 51.9 Å². The van der Waals surface area contributed by atoms with Gasteiger partial charge in [-0.1, -0.05) is 32.0 Å². The van der Waals surface area contributed by atoms with Gasteiger partial charge in [0.1, 0.15) is 11.8 Å². The largest absolute Gasteiger partial charge is 0.443 e. The van der Waals surface area contributed by atoms with Crippen molar-refractivity contribution in [3.05, 3.63) is 58.3 Å². The molecule has 25 heavy (non-hydrogen) atoms. The average molecular weight is 331 g/mol. The Kier molecular flexibility index (Phi) is 4.58. The monoisotopic (exact) mass is 331 g/mol. The topological polar surface area (TPSA) is 60.1 Å². The van der Waals surface area contributed by atoms with Gasteiger partial charge >= 0.3 is 0 Å². The fourth-order valence-corrected chi connectivity index (χ4v) is 3.24. The number of ether oxygens (including phenoxy) is 1. The Morgan fingerprint density at radius 3 is 2.48 bits per heavy atom. The van der Waals surface area contributed by atoms with Crippen LogP contribution in [-0.4, -0.2) is 18.2 Å². The molecular weight excluding hydrogens is 310 g/mol. The van der Waals surface area contributed by atoms with Gasteiger partial charge in [-0.15, -0.1) is 0 Å². The van der Waals surface area contributed by atoms with Crippen molar-refractivity contribution in [3.8, 4) is 6.07 Å². The lowest BCUT2D eigenvalue weighted by molar-refractivity contribution is 0.342. The number of rotatable bonds is 3. The maximum Gasteiger partial charge on any atom is 0.206 e. The first kappa shape index (κ1) is 16.8. The molecule has 0 aliphatic carbocycles. The second-order valence-electron chi connectivity index (χ2n) is 5.99. The Hall–Kier alpha value is -3.06. The third kappa shape index (κ3) is 2.89. The number of allylic oxidation sites excluding steroid dienone is 2. The molecular formula is C21H21N3O. The molecule has 1 aliphatic rings. The Bertz CT molecular complexity index is 1040. The molecule has 0 bridgehead atoms. The van der Waals surface area contributed by atoms with Crippen LogP contribution in [0.1, 0.15) is 26.7 Å². The van der Waals surface area contributed by atoms with E-state index < -0.39 is 0 Å². The summed E-state index contributed by atoms with van der Waals surface area (Å²) in [6.07, 6.45) is 2.91. The highest BCUT2D eigenvalue weighted by atomic mass is 16.5. The summed E-state index contributed by atoms with van der Waals surface area (Å²) in [6, 6.07) is 14.0. The number of nitrogens with zero attached hydrogens (tertiary/aromatic N) is 2. The van der Waals surface area contributed by atoms with Crippen LogP contribution in [0.5, 0.6) is 0 Å². The van der Waals surface area contributed by atoms with Crippen LogP contribution in [-0.2, 0) is 4.74 Å². The van der Waals surface area contributed by atoms with E-state index in [-0.39, 0.29) is 0 Å². The fourth-order valence-electron chi connectivity index (χ4n) is 3.24. The summed E-state index contributed by atoms with van der Waals surface area (Å²) in [4.78, 5) is 2.13. The number of nitriles is 1. The van der Waals surface area contributed by atoms with Gasteiger partial charge in [-0.3, -0.25) is 0 Å². The zero-order chi connectivity index (χ0) is 18.0. The van der Waals surface area contributed by atoms with Crippen molar-refractivity contribution >= 4 is 28.4 Å². The van der Waals surface area contributed by atoms with Crippen LogP contribution in [0.3, 0.4) is 0 Å². The molecule has 0 aromatic heterocycles. The highest BCUT2D eigenvalue weighted by molar-refractivity contribution is 6.07. The first-order valence-corrected chi connectivity index (χ1v) is 8.45. The van der Waals surface area contributed by atoms with E-state index in [9.17, 15) is 0 Å². The predicted octanol–water partition coefficient (Wildman–Crippen LogP) is 3.22. The molecule has 1 heterocycles. The SMILES string of the molecule is CCC1=C(CC)N(C)/C(=c2/ccc3c/c(=C(\C#N)C=N)ccc3c2)O1. The van der Waals surface area contributed by atoms with Crippen molar-refractivity contribution in [1.29, 1.82) is 10.7 Å². The zero-order valence-corrected chi connectivity index (χ0v) is 14.8. The van der Waals surface area contributed by atoms with E-state index in [4.69, 9.17) is 15.4 Å². The minimum atomic E-state index is 0.364. The molecule has 1 aliphatic heterocycles. The van der Waals surface area contributed by atoms with Gasteiger partial charge in [-0.25, -0.2) is 0 Å². The van der Waals surface area contributed by atoms with Gasteiger partial charge in [0.05, 0.1) is 11.3 Å². The van der Waals surface area contributed by atoms with Gasteiger partial charge in [0.2, 0.25) is 5.88 Å². The van der Waals surface area contributed by atoms with Crippen molar-refractivity contribution in [2.24, 2.45) is 0 Å². The van der Waals surface area contributed by atoms with Crippen molar-refractivity contribution < 1.29 is 4.74 Å². The van der Waals surface area contributed by atoms with E-state index in [2.05, 4.69) is 30.9 Å². The normalized spacial score (nSPS) is 17.4. The van der Waals surface area contributed by atoms with Crippen LogP contribution in [0.25, 0.3) is 22.2 Å². The summed E-state index contributed by atoms with van der Waals surface area (Å²) in [7, 11) is 2.04. The molecule has 4 heteroatoms. The third-order valence-electron chi connectivity index (χ3n) is 4.57. The molecule has 0 saturated carbocycles. The molecule has 0 radical (unpaired) electrons.